The number of halogens is 2. The Labute approximate surface area is 190 Å². The maximum absolute atomic E-state index is 15.3. The molecule has 0 amide bonds. The zero-order chi connectivity index (χ0) is 22.5. The third kappa shape index (κ3) is 3.74. The van der Waals surface area contributed by atoms with Crippen molar-refractivity contribution in [3.05, 3.63) is 43.0 Å². The van der Waals surface area contributed by atoms with Gasteiger partial charge in [0.05, 0.1) is 30.3 Å². The van der Waals surface area contributed by atoms with Crippen LogP contribution in [0, 0.1) is 0 Å². The number of benzene rings is 1. The first-order valence-electron chi connectivity index (χ1n) is 11.5. The highest BCUT2D eigenvalue weighted by Crippen LogP contribution is 2.40. The SMILES string of the molecule is Oc1cc(-c2cnn(CF)c2)ccc1-c1cnc(N(C2CC2)[C@@H]2CC3CCC(N3)[C@@H]2F)cn1. The predicted molar refractivity (Wildman–Crippen MR) is 120 cm³/mol. The number of piperidine rings is 1. The van der Waals surface area contributed by atoms with Crippen LogP contribution >= 0.6 is 0 Å². The number of fused-ring (bicyclic) bond motifs is 2. The summed E-state index contributed by atoms with van der Waals surface area (Å²) < 4.78 is 29.2. The molecule has 4 heterocycles. The van der Waals surface area contributed by atoms with Crippen LogP contribution in [0.15, 0.2) is 43.0 Å². The highest BCUT2D eigenvalue weighted by Gasteiger charge is 2.48. The Morgan fingerprint density at radius 1 is 1.09 bits per heavy atom. The van der Waals surface area contributed by atoms with Crippen LogP contribution in [0.1, 0.15) is 32.1 Å². The largest absolute Gasteiger partial charge is 0.507 e. The number of aromatic hydroxyl groups is 1. The first-order chi connectivity index (χ1) is 16.1. The summed E-state index contributed by atoms with van der Waals surface area (Å²) >= 11 is 0. The minimum Gasteiger partial charge on any atom is -0.507 e. The lowest BCUT2D eigenvalue weighted by Gasteiger charge is -2.41. The Kier molecular flexibility index (Phi) is 5.01. The van der Waals surface area contributed by atoms with Gasteiger partial charge in [0.15, 0.2) is 6.80 Å². The van der Waals surface area contributed by atoms with Crippen LogP contribution in [0.25, 0.3) is 22.4 Å². The van der Waals surface area contributed by atoms with Crippen LogP contribution in [0.5, 0.6) is 5.75 Å². The Hall–Kier alpha value is -3.07. The molecule has 1 aliphatic carbocycles. The van der Waals surface area contributed by atoms with Crippen LogP contribution in [0.2, 0.25) is 0 Å². The highest BCUT2D eigenvalue weighted by atomic mass is 19.1. The summed E-state index contributed by atoms with van der Waals surface area (Å²) in [4.78, 5) is 11.4. The molecule has 2 aliphatic heterocycles. The lowest BCUT2D eigenvalue weighted by atomic mass is 9.96. The van der Waals surface area contributed by atoms with Crippen molar-refractivity contribution < 1.29 is 13.9 Å². The summed E-state index contributed by atoms with van der Waals surface area (Å²) in [6.45, 7) is -0.703. The molecular weight excluding hydrogens is 426 g/mol. The number of nitrogens with zero attached hydrogens (tertiary/aromatic N) is 5. The van der Waals surface area contributed by atoms with E-state index < -0.39 is 13.0 Å². The van der Waals surface area contributed by atoms with Crippen LogP contribution < -0.4 is 10.2 Å². The molecule has 2 saturated heterocycles. The topological polar surface area (TPSA) is 79.1 Å². The Bertz CT molecular complexity index is 1150. The second kappa shape index (κ2) is 8.06. The first-order valence-corrected chi connectivity index (χ1v) is 11.5. The van der Waals surface area contributed by atoms with Gasteiger partial charge in [-0.1, -0.05) is 6.07 Å². The lowest BCUT2D eigenvalue weighted by molar-refractivity contribution is 0.171. The maximum Gasteiger partial charge on any atom is 0.181 e. The number of aromatic nitrogens is 4. The highest BCUT2D eigenvalue weighted by molar-refractivity contribution is 5.73. The van der Waals surface area contributed by atoms with E-state index in [0.29, 0.717) is 34.7 Å². The van der Waals surface area contributed by atoms with Crippen molar-refractivity contribution in [3.8, 4) is 28.1 Å². The third-order valence-electron chi connectivity index (χ3n) is 7.12. The molecule has 3 aliphatic rings. The molecule has 0 spiro atoms. The van der Waals surface area contributed by atoms with Crippen LogP contribution in [-0.4, -0.2) is 55.2 Å². The molecule has 2 N–H and O–H groups in total. The number of alkyl halides is 2. The standard InChI is InChI=1S/C24H26F2N6O/c25-13-31-12-15(9-29-31)14-1-5-18(22(33)7-14)20-10-28-23(11-27-20)32(17-3-4-17)21-8-16-2-6-19(30-16)24(21)26/h1,5,7,9-12,16-17,19,21,24,30,33H,2-4,6,8,13H2/t16?,19?,21-,24+/m1/s1. The monoisotopic (exact) mass is 452 g/mol. The molecule has 6 rings (SSSR count). The predicted octanol–water partition coefficient (Wildman–Crippen LogP) is 3.84. The van der Waals surface area contributed by atoms with Crippen molar-refractivity contribution in [2.75, 3.05) is 4.90 Å². The van der Waals surface area contributed by atoms with E-state index in [1.807, 2.05) is 6.07 Å². The molecule has 0 radical (unpaired) electrons. The molecule has 2 unspecified atom stereocenters. The fourth-order valence-corrected chi connectivity index (χ4v) is 5.32. The zero-order valence-electron chi connectivity index (χ0n) is 18.1. The van der Waals surface area contributed by atoms with E-state index in [2.05, 4.69) is 25.3 Å². The number of hydrogen-bond acceptors (Lipinski definition) is 6. The van der Waals surface area contributed by atoms with Gasteiger partial charge in [0.1, 0.15) is 17.7 Å². The molecule has 33 heavy (non-hydrogen) atoms. The van der Waals surface area contributed by atoms with E-state index in [1.54, 1.807) is 36.9 Å². The van der Waals surface area contributed by atoms with Gasteiger partial charge < -0.3 is 15.3 Å². The molecule has 4 atom stereocenters. The quantitative estimate of drug-likeness (QED) is 0.592. The number of phenolic OH excluding ortho intramolecular Hbond substituents is 1. The lowest BCUT2D eigenvalue weighted by Crippen LogP contribution is -2.57. The smallest absolute Gasteiger partial charge is 0.181 e. The molecule has 2 bridgehead atoms. The number of phenols is 1. The molecule has 3 fully saturated rings. The molecule has 1 saturated carbocycles. The maximum atomic E-state index is 15.3. The summed E-state index contributed by atoms with van der Waals surface area (Å²) in [5.74, 6) is 0.755. The van der Waals surface area contributed by atoms with Gasteiger partial charge in [-0.2, -0.15) is 5.10 Å². The molecule has 172 valence electrons. The summed E-state index contributed by atoms with van der Waals surface area (Å²) in [7, 11) is 0. The zero-order valence-corrected chi connectivity index (χ0v) is 18.1. The van der Waals surface area contributed by atoms with Gasteiger partial charge in [-0.15, -0.1) is 0 Å². The normalized spacial score (nSPS) is 26.5. The Morgan fingerprint density at radius 2 is 1.97 bits per heavy atom. The van der Waals surface area contributed by atoms with Crippen molar-refractivity contribution in [2.24, 2.45) is 0 Å². The summed E-state index contributed by atoms with van der Waals surface area (Å²) in [5.41, 5.74) is 2.54. The first kappa shape index (κ1) is 20.5. The van der Waals surface area contributed by atoms with Gasteiger partial charge >= 0.3 is 0 Å². The fourth-order valence-electron chi connectivity index (χ4n) is 5.32. The van der Waals surface area contributed by atoms with E-state index in [4.69, 9.17) is 0 Å². The average molecular weight is 453 g/mol. The fraction of sp³-hybridized carbons (Fsp3) is 0.458. The van der Waals surface area contributed by atoms with Gasteiger partial charge in [-0.25, -0.2) is 18.4 Å². The molecule has 1 aromatic carbocycles. The second-order valence-corrected chi connectivity index (χ2v) is 9.31. The number of hydrogen-bond donors (Lipinski definition) is 2. The summed E-state index contributed by atoms with van der Waals surface area (Å²) in [6, 6.07) is 5.68. The molecule has 9 heteroatoms. The van der Waals surface area contributed by atoms with Gasteiger partial charge in [0, 0.05) is 35.4 Å². The summed E-state index contributed by atoms with van der Waals surface area (Å²) in [5, 5.41) is 17.9. The number of anilines is 1. The molecule has 2 aromatic heterocycles. The van der Waals surface area contributed by atoms with Crippen molar-refractivity contribution in [2.45, 2.75) is 69.2 Å². The minimum absolute atomic E-state index is 0.0559. The molecular formula is C24H26F2N6O. The van der Waals surface area contributed by atoms with Crippen LogP contribution in [0.3, 0.4) is 0 Å². The Balaban J connectivity index is 1.25. The van der Waals surface area contributed by atoms with E-state index in [9.17, 15) is 9.50 Å². The average Bonchev–Trinajstić information content (AvgIpc) is 3.39. The Morgan fingerprint density at radius 3 is 2.67 bits per heavy atom. The van der Waals surface area contributed by atoms with Crippen molar-refractivity contribution in [1.29, 1.82) is 0 Å². The van der Waals surface area contributed by atoms with Gasteiger partial charge in [-0.3, -0.25) is 4.98 Å². The minimum atomic E-state index is -0.913. The van der Waals surface area contributed by atoms with Crippen LogP contribution in [-0.2, 0) is 6.80 Å². The molecule has 7 nitrogen and oxygen atoms in total. The van der Waals surface area contributed by atoms with Gasteiger partial charge in [-0.05, 0) is 49.8 Å². The summed E-state index contributed by atoms with van der Waals surface area (Å²) in [6.07, 6.45) is 10.4. The van der Waals surface area contributed by atoms with E-state index in [1.165, 1.54) is 4.68 Å². The third-order valence-corrected chi connectivity index (χ3v) is 7.12. The van der Waals surface area contributed by atoms with Crippen LogP contribution in [0.4, 0.5) is 14.6 Å². The van der Waals surface area contributed by atoms with E-state index in [0.717, 1.165) is 37.7 Å². The van der Waals surface area contributed by atoms with Crippen molar-refractivity contribution >= 4 is 5.82 Å². The van der Waals surface area contributed by atoms with E-state index in [-0.39, 0.29) is 17.8 Å². The van der Waals surface area contributed by atoms with Gasteiger partial charge in [0.25, 0.3) is 0 Å². The van der Waals surface area contributed by atoms with Gasteiger partial charge in [0.2, 0.25) is 0 Å². The van der Waals surface area contributed by atoms with E-state index >= 15 is 4.39 Å². The second-order valence-electron chi connectivity index (χ2n) is 9.31. The van der Waals surface area contributed by atoms with Crippen molar-refractivity contribution in [3.63, 3.8) is 0 Å². The molecule has 3 aromatic rings. The van der Waals surface area contributed by atoms with Crippen molar-refractivity contribution in [1.82, 2.24) is 25.1 Å². The number of nitrogens with one attached hydrogen (secondary N) is 1. The number of rotatable bonds is 6.